The van der Waals surface area contributed by atoms with E-state index >= 15 is 0 Å². The Labute approximate surface area is 130 Å². The summed E-state index contributed by atoms with van der Waals surface area (Å²) < 4.78 is 0. The van der Waals surface area contributed by atoms with Crippen molar-refractivity contribution in [1.29, 1.82) is 0 Å². The van der Waals surface area contributed by atoms with Crippen molar-refractivity contribution in [2.24, 2.45) is 17.6 Å². The summed E-state index contributed by atoms with van der Waals surface area (Å²) >= 11 is 0. The molecule has 21 heavy (non-hydrogen) atoms. The molecule has 1 aliphatic carbocycles. The normalized spacial score (nSPS) is 27.6. The predicted molar refractivity (Wildman–Crippen MR) is 89.1 cm³/mol. The highest BCUT2D eigenvalue weighted by molar-refractivity contribution is 5.79. The smallest absolute Gasteiger partial charge is 0.224 e. The van der Waals surface area contributed by atoms with Gasteiger partial charge in [0.05, 0.1) is 5.92 Å². The van der Waals surface area contributed by atoms with E-state index in [2.05, 4.69) is 37.9 Å². The molecule has 0 saturated heterocycles. The first-order valence-electron chi connectivity index (χ1n) is 8.76. The van der Waals surface area contributed by atoms with Gasteiger partial charge in [0.25, 0.3) is 0 Å². The number of carbonyl (C=O) groups excluding carboxylic acids is 1. The highest BCUT2D eigenvalue weighted by Gasteiger charge is 2.31. The van der Waals surface area contributed by atoms with Crippen molar-refractivity contribution in [3.63, 3.8) is 0 Å². The minimum Gasteiger partial charge on any atom is -0.353 e. The van der Waals surface area contributed by atoms with Crippen LogP contribution in [0.2, 0.25) is 0 Å². The van der Waals surface area contributed by atoms with E-state index in [0.717, 1.165) is 51.7 Å². The van der Waals surface area contributed by atoms with Gasteiger partial charge in [0.15, 0.2) is 0 Å². The number of nitrogens with one attached hydrogen (secondary N) is 1. The molecule has 1 aliphatic rings. The van der Waals surface area contributed by atoms with Crippen molar-refractivity contribution in [3.05, 3.63) is 0 Å². The lowest BCUT2D eigenvalue weighted by molar-refractivity contribution is -0.127. The van der Waals surface area contributed by atoms with Crippen molar-refractivity contribution in [2.75, 3.05) is 19.6 Å². The molecule has 0 spiro atoms. The van der Waals surface area contributed by atoms with Crippen molar-refractivity contribution >= 4 is 5.91 Å². The Hall–Kier alpha value is -0.610. The molecule has 4 unspecified atom stereocenters. The molecule has 0 radical (unpaired) electrons. The van der Waals surface area contributed by atoms with Gasteiger partial charge in [-0.15, -0.1) is 0 Å². The molecule has 4 nitrogen and oxygen atoms in total. The Balaban J connectivity index is 2.29. The summed E-state index contributed by atoms with van der Waals surface area (Å²) in [6.07, 6.45) is 5.26. The number of nitrogens with two attached hydrogens (primary N) is 1. The molecule has 1 fully saturated rings. The molecule has 0 aromatic rings. The van der Waals surface area contributed by atoms with Crippen LogP contribution in [-0.4, -0.2) is 42.5 Å². The predicted octanol–water partition coefficient (Wildman–Crippen LogP) is 2.38. The molecule has 1 rings (SSSR count). The van der Waals surface area contributed by atoms with E-state index in [0.29, 0.717) is 5.92 Å². The second-order valence-corrected chi connectivity index (χ2v) is 6.77. The molecule has 0 aliphatic heterocycles. The van der Waals surface area contributed by atoms with Crippen LogP contribution >= 0.6 is 0 Å². The first kappa shape index (κ1) is 18.4. The number of hydrogen-bond donors (Lipinski definition) is 2. The van der Waals surface area contributed by atoms with Gasteiger partial charge in [0.1, 0.15) is 0 Å². The third-order valence-corrected chi connectivity index (χ3v) is 4.90. The number of hydrogen-bond acceptors (Lipinski definition) is 3. The van der Waals surface area contributed by atoms with Crippen LogP contribution < -0.4 is 11.1 Å². The van der Waals surface area contributed by atoms with E-state index in [9.17, 15) is 4.79 Å². The molecule has 3 N–H and O–H groups in total. The van der Waals surface area contributed by atoms with E-state index in [-0.39, 0.29) is 23.9 Å². The van der Waals surface area contributed by atoms with Crippen molar-refractivity contribution in [3.8, 4) is 0 Å². The summed E-state index contributed by atoms with van der Waals surface area (Å²) in [5, 5.41) is 3.17. The highest BCUT2D eigenvalue weighted by atomic mass is 16.2. The summed E-state index contributed by atoms with van der Waals surface area (Å²) in [5.74, 6) is 0.807. The zero-order chi connectivity index (χ0) is 15.8. The summed E-state index contributed by atoms with van der Waals surface area (Å²) in [6.45, 7) is 12.0. The van der Waals surface area contributed by atoms with Crippen LogP contribution in [0.1, 0.15) is 59.8 Å². The third-order valence-electron chi connectivity index (χ3n) is 4.90. The van der Waals surface area contributed by atoms with Gasteiger partial charge in [-0.25, -0.2) is 0 Å². The van der Waals surface area contributed by atoms with Gasteiger partial charge in [-0.2, -0.15) is 0 Å². The fraction of sp³-hybridized carbons (Fsp3) is 0.941. The fourth-order valence-electron chi connectivity index (χ4n) is 3.29. The Morgan fingerprint density at radius 3 is 2.62 bits per heavy atom. The molecule has 1 amide bonds. The number of rotatable bonds is 8. The largest absolute Gasteiger partial charge is 0.353 e. The summed E-state index contributed by atoms with van der Waals surface area (Å²) in [7, 11) is 0. The lowest BCUT2D eigenvalue weighted by Gasteiger charge is -2.32. The SMILES string of the molecule is CCN(CC)CCCC(C)NC(=O)C1CC(C)CCC1N. The molecule has 0 aromatic carbocycles. The lowest BCUT2D eigenvalue weighted by Crippen LogP contribution is -2.47. The molecule has 0 aromatic heterocycles. The first-order chi connectivity index (χ1) is 9.97. The van der Waals surface area contributed by atoms with Crippen LogP contribution in [0.15, 0.2) is 0 Å². The van der Waals surface area contributed by atoms with E-state index in [1.807, 2.05) is 0 Å². The van der Waals surface area contributed by atoms with Gasteiger partial charge in [-0.1, -0.05) is 20.8 Å². The van der Waals surface area contributed by atoms with E-state index < -0.39 is 0 Å². The Bertz CT molecular complexity index is 304. The molecule has 0 bridgehead atoms. The minimum absolute atomic E-state index is 0.0129. The topological polar surface area (TPSA) is 58.4 Å². The van der Waals surface area contributed by atoms with Gasteiger partial charge in [-0.05, 0) is 64.6 Å². The lowest BCUT2D eigenvalue weighted by atomic mass is 9.78. The number of carbonyl (C=O) groups is 1. The van der Waals surface area contributed by atoms with Crippen LogP contribution in [0.5, 0.6) is 0 Å². The summed E-state index contributed by atoms with van der Waals surface area (Å²) in [6, 6.07) is 0.293. The van der Waals surface area contributed by atoms with Gasteiger partial charge in [0, 0.05) is 12.1 Å². The van der Waals surface area contributed by atoms with Crippen molar-refractivity contribution in [1.82, 2.24) is 10.2 Å². The Morgan fingerprint density at radius 1 is 1.33 bits per heavy atom. The molecular weight excluding hydrogens is 262 g/mol. The quantitative estimate of drug-likeness (QED) is 0.723. The van der Waals surface area contributed by atoms with Crippen LogP contribution in [0.25, 0.3) is 0 Å². The maximum absolute atomic E-state index is 12.4. The van der Waals surface area contributed by atoms with Crippen molar-refractivity contribution in [2.45, 2.75) is 71.9 Å². The van der Waals surface area contributed by atoms with Gasteiger partial charge in [-0.3, -0.25) is 4.79 Å². The molecule has 4 heteroatoms. The van der Waals surface area contributed by atoms with Crippen LogP contribution in [0.4, 0.5) is 0 Å². The maximum Gasteiger partial charge on any atom is 0.224 e. The standard InChI is InChI=1S/C17H35N3O/c1-5-20(6-2)11-7-8-14(4)19-17(21)15-12-13(3)9-10-16(15)18/h13-16H,5-12,18H2,1-4H3,(H,19,21). The average molecular weight is 297 g/mol. The van der Waals surface area contributed by atoms with Crippen LogP contribution in [0.3, 0.4) is 0 Å². The Morgan fingerprint density at radius 2 is 2.00 bits per heavy atom. The fourth-order valence-corrected chi connectivity index (χ4v) is 3.29. The maximum atomic E-state index is 12.4. The van der Waals surface area contributed by atoms with Gasteiger partial charge >= 0.3 is 0 Å². The first-order valence-corrected chi connectivity index (χ1v) is 8.76. The molecular formula is C17H35N3O. The van der Waals surface area contributed by atoms with Gasteiger partial charge < -0.3 is 16.0 Å². The average Bonchev–Trinajstić information content (AvgIpc) is 2.46. The minimum atomic E-state index is 0.0129. The number of amides is 1. The third kappa shape index (κ3) is 6.35. The zero-order valence-corrected chi connectivity index (χ0v) is 14.4. The molecule has 0 heterocycles. The van der Waals surface area contributed by atoms with E-state index in [1.165, 1.54) is 0 Å². The molecule has 124 valence electrons. The monoisotopic (exact) mass is 297 g/mol. The zero-order valence-electron chi connectivity index (χ0n) is 14.4. The number of nitrogens with zero attached hydrogens (tertiary/aromatic N) is 1. The highest BCUT2D eigenvalue weighted by Crippen LogP contribution is 2.28. The van der Waals surface area contributed by atoms with Crippen LogP contribution in [0, 0.1) is 11.8 Å². The van der Waals surface area contributed by atoms with Gasteiger partial charge in [0.2, 0.25) is 5.91 Å². The van der Waals surface area contributed by atoms with E-state index in [1.54, 1.807) is 0 Å². The van der Waals surface area contributed by atoms with E-state index in [4.69, 9.17) is 5.73 Å². The molecule has 1 saturated carbocycles. The molecule has 4 atom stereocenters. The second kappa shape index (κ2) is 9.42. The van der Waals surface area contributed by atoms with Crippen molar-refractivity contribution < 1.29 is 4.79 Å². The second-order valence-electron chi connectivity index (χ2n) is 6.77. The Kier molecular flexibility index (Phi) is 8.27. The summed E-state index contributed by atoms with van der Waals surface area (Å²) in [5.41, 5.74) is 6.13. The summed E-state index contributed by atoms with van der Waals surface area (Å²) in [4.78, 5) is 14.8. The van der Waals surface area contributed by atoms with Crippen LogP contribution in [-0.2, 0) is 4.79 Å².